The number of benzene rings is 1. The van der Waals surface area contributed by atoms with E-state index in [-0.39, 0.29) is 16.1 Å². The van der Waals surface area contributed by atoms with Crippen molar-refractivity contribution in [3.05, 3.63) is 40.2 Å². The minimum Gasteiger partial charge on any atom is -0.477 e. The molecule has 0 bridgehead atoms. The zero-order valence-electron chi connectivity index (χ0n) is 7.78. The first-order chi connectivity index (χ1) is 7.59. The molecule has 1 heterocycles. The molecule has 0 aliphatic carbocycles. The first-order valence-electron chi connectivity index (χ1n) is 4.22. The van der Waals surface area contributed by atoms with Crippen molar-refractivity contribution in [2.75, 3.05) is 0 Å². The van der Waals surface area contributed by atoms with Gasteiger partial charge in [0.2, 0.25) is 0 Å². The molecule has 0 aliphatic rings. The van der Waals surface area contributed by atoms with E-state index < -0.39 is 17.6 Å². The molecule has 3 nitrogen and oxygen atoms in total. The standard InChI is InChI=1S/C10H5F2NO2S/c11-5-1-2-7(12)6(3-5)8-9(10(14)15)16-4-13-8/h1-4H,(H,14,15). The third-order valence-electron chi connectivity index (χ3n) is 1.95. The molecule has 0 spiro atoms. The third-order valence-corrected chi connectivity index (χ3v) is 2.76. The summed E-state index contributed by atoms with van der Waals surface area (Å²) in [4.78, 5) is 14.4. The Balaban J connectivity index is 2.62. The molecular weight excluding hydrogens is 236 g/mol. The largest absolute Gasteiger partial charge is 0.477 e. The number of halogens is 2. The highest BCUT2D eigenvalue weighted by Gasteiger charge is 2.18. The summed E-state index contributed by atoms with van der Waals surface area (Å²) in [6, 6.07) is 2.83. The summed E-state index contributed by atoms with van der Waals surface area (Å²) in [6.45, 7) is 0. The van der Waals surface area contributed by atoms with Crippen LogP contribution in [-0.2, 0) is 0 Å². The van der Waals surface area contributed by atoms with E-state index >= 15 is 0 Å². The number of nitrogens with zero attached hydrogens (tertiary/aromatic N) is 1. The van der Waals surface area contributed by atoms with Crippen LogP contribution in [-0.4, -0.2) is 16.1 Å². The first kappa shape index (κ1) is 10.7. The van der Waals surface area contributed by atoms with Crippen molar-refractivity contribution in [3.63, 3.8) is 0 Å². The Hall–Kier alpha value is -1.82. The van der Waals surface area contributed by atoms with Gasteiger partial charge in [-0.3, -0.25) is 0 Å². The first-order valence-corrected chi connectivity index (χ1v) is 5.10. The lowest BCUT2D eigenvalue weighted by Crippen LogP contribution is -1.97. The molecule has 6 heteroatoms. The van der Waals surface area contributed by atoms with Gasteiger partial charge in [-0.15, -0.1) is 11.3 Å². The molecule has 0 atom stereocenters. The fourth-order valence-electron chi connectivity index (χ4n) is 1.27. The van der Waals surface area contributed by atoms with Crippen LogP contribution in [0, 0.1) is 11.6 Å². The van der Waals surface area contributed by atoms with Crippen LogP contribution < -0.4 is 0 Å². The number of aromatic carboxylic acids is 1. The summed E-state index contributed by atoms with van der Waals surface area (Å²) in [5.74, 6) is -2.54. The Morgan fingerprint density at radius 3 is 2.81 bits per heavy atom. The van der Waals surface area contributed by atoms with Crippen molar-refractivity contribution in [1.29, 1.82) is 0 Å². The highest BCUT2D eigenvalue weighted by molar-refractivity contribution is 7.12. The van der Waals surface area contributed by atoms with E-state index in [2.05, 4.69) is 4.98 Å². The molecule has 2 rings (SSSR count). The maximum Gasteiger partial charge on any atom is 0.348 e. The number of carboxylic acid groups (broad SMARTS) is 1. The Kier molecular flexibility index (Phi) is 2.66. The van der Waals surface area contributed by atoms with E-state index in [1.807, 2.05) is 0 Å². The van der Waals surface area contributed by atoms with E-state index in [0.29, 0.717) is 0 Å². The van der Waals surface area contributed by atoms with Gasteiger partial charge in [-0.05, 0) is 18.2 Å². The molecule has 82 valence electrons. The summed E-state index contributed by atoms with van der Waals surface area (Å²) in [7, 11) is 0. The molecule has 0 amide bonds. The van der Waals surface area contributed by atoms with Crippen LogP contribution in [0.4, 0.5) is 8.78 Å². The van der Waals surface area contributed by atoms with E-state index in [4.69, 9.17) is 5.11 Å². The average Bonchev–Trinajstić information content (AvgIpc) is 2.70. The van der Waals surface area contributed by atoms with E-state index in [9.17, 15) is 13.6 Å². The zero-order chi connectivity index (χ0) is 11.7. The number of carboxylic acids is 1. The highest BCUT2D eigenvalue weighted by Crippen LogP contribution is 2.28. The summed E-state index contributed by atoms with van der Waals surface area (Å²) in [6.07, 6.45) is 0. The van der Waals surface area contributed by atoms with Crippen molar-refractivity contribution in [2.24, 2.45) is 0 Å². The van der Waals surface area contributed by atoms with Crippen molar-refractivity contribution < 1.29 is 18.7 Å². The Labute approximate surface area is 93.0 Å². The molecule has 2 aromatic rings. The topological polar surface area (TPSA) is 50.2 Å². The monoisotopic (exact) mass is 241 g/mol. The van der Waals surface area contributed by atoms with Crippen LogP contribution in [0.3, 0.4) is 0 Å². The number of aromatic nitrogens is 1. The Morgan fingerprint density at radius 2 is 2.12 bits per heavy atom. The molecule has 1 aromatic heterocycles. The molecule has 0 aliphatic heterocycles. The fourth-order valence-corrected chi connectivity index (χ4v) is 1.91. The van der Waals surface area contributed by atoms with Crippen molar-refractivity contribution in [1.82, 2.24) is 4.98 Å². The van der Waals surface area contributed by atoms with E-state index in [1.165, 1.54) is 5.51 Å². The molecule has 0 saturated heterocycles. The van der Waals surface area contributed by atoms with Crippen LogP contribution in [0.5, 0.6) is 0 Å². The number of hydrogen-bond acceptors (Lipinski definition) is 3. The van der Waals surface area contributed by atoms with Gasteiger partial charge in [-0.1, -0.05) is 0 Å². The number of carbonyl (C=O) groups is 1. The van der Waals surface area contributed by atoms with Gasteiger partial charge in [-0.2, -0.15) is 0 Å². The van der Waals surface area contributed by atoms with Gasteiger partial charge >= 0.3 is 5.97 Å². The molecule has 1 N–H and O–H groups in total. The lowest BCUT2D eigenvalue weighted by Gasteiger charge is -2.01. The number of rotatable bonds is 2. The zero-order valence-corrected chi connectivity index (χ0v) is 8.59. The van der Waals surface area contributed by atoms with Crippen LogP contribution in [0.25, 0.3) is 11.3 Å². The minimum absolute atomic E-state index is 0.0468. The molecule has 0 saturated carbocycles. The average molecular weight is 241 g/mol. The SMILES string of the molecule is O=C(O)c1scnc1-c1cc(F)ccc1F. The quantitative estimate of drug-likeness (QED) is 0.879. The fraction of sp³-hybridized carbons (Fsp3) is 0. The maximum atomic E-state index is 13.4. The summed E-state index contributed by atoms with van der Waals surface area (Å²) < 4.78 is 26.3. The molecule has 1 aromatic carbocycles. The predicted octanol–water partition coefficient (Wildman–Crippen LogP) is 2.79. The summed E-state index contributed by atoms with van der Waals surface area (Å²) in [5, 5.41) is 8.83. The number of hydrogen-bond donors (Lipinski definition) is 1. The van der Waals surface area contributed by atoms with Gasteiger partial charge in [0.05, 0.1) is 11.2 Å². The molecule has 0 fully saturated rings. The second-order valence-electron chi connectivity index (χ2n) is 2.96. The van der Waals surface area contributed by atoms with Gasteiger partial charge in [0.25, 0.3) is 0 Å². The normalized spacial score (nSPS) is 10.4. The second-order valence-corrected chi connectivity index (χ2v) is 3.81. The van der Waals surface area contributed by atoms with Gasteiger partial charge in [0, 0.05) is 5.56 Å². The molecule has 0 unspecified atom stereocenters. The molecule has 0 radical (unpaired) electrons. The van der Waals surface area contributed by atoms with Crippen LogP contribution in [0.1, 0.15) is 9.67 Å². The van der Waals surface area contributed by atoms with Crippen LogP contribution in [0.15, 0.2) is 23.7 Å². The van der Waals surface area contributed by atoms with Crippen molar-refractivity contribution >= 4 is 17.3 Å². The lowest BCUT2D eigenvalue weighted by atomic mass is 10.1. The van der Waals surface area contributed by atoms with Gasteiger partial charge in [0.1, 0.15) is 16.5 Å². The third kappa shape index (κ3) is 1.79. The smallest absolute Gasteiger partial charge is 0.348 e. The maximum absolute atomic E-state index is 13.4. The summed E-state index contributed by atoms with van der Waals surface area (Å²) in [5.41, 5.74) is 1.09. The van der Waals surface area contributed by atoms with Crippen LogP contribution in [0.2, 0.25) is 0 Å². The molecule has 16 heavy (non-hydrogen) atoms. The molecular formula is C10H5F2NO2S. The minimum atomic E-state index is -1.21. The van der Waals surface area contributed by atoms with Crippen LogP contribution >= 0.6 is 11.3 Å². The highest BCUT2D eigenvalue weighted by atomic mass is 32.1. The predicted molar refractivity (Wildman–Crippen MR) is 54.4 cm³/mol. The second kappa shape index (κ2) is 3.97. The Bertz CT molecular complexity index is 554. The Morgan fingerprint density at radius 1 is 1.38 bits per heavy atom. The lowest BCUT2D eigenvalue weighted by molar-refractivity contribution is 0.0702. The van der Waals surface area contributed by atoms with E-state index in [0.717, 1.165) is 29.5 Å². The van der Waals surface area contributed by atoms with Crippen molar-refractivity contribution in [2.45, 2.75) is 0 Å². The van der Waals surface area contributed by atoms with Gasteiger partial charge < -0.3 is 5.11 Å². The van der Waals surface area contributed by atoms with Crippen molar-refractivity contribution in [3.8, 4) is 11.3 Å². The number of thiazole rings is 1. The summed E-state index contributed by atoms with van der Waals surface area (Å²) >= 11 is 0.867. The van der Waals surface area contributed by atoms with Gasteiger partial charge in [-0.25, -0.2) is 18.6 Å². The van der Waals surface area contributed by atoms with E-state index in [1.54, 1.807) is 0 Å². The van der Waals surface area contributed by atoms with Gasteiger partial charge in [0.15, 0.2) is 0 Å².